The molecule has 0 amide bonds. The van der Waals surface area contributed by atoms with Crippen molar-refractivity contribution in [2.75, 3.05) is 24.6 Å². The van der Waals surface area contributed by atoms with Gasteiger partial charge in [0.1, 0.15) is 5.82 Å². The van der Waals surface area contributed by atoms with Gasteiger partial charge in [-0.25, -0.2) is 4.39 Å². The zero-order valence-corrected chi connectivity index (χ0v) is 11.0. The van der Waals surface area contributed by atoms with Crippen LogP contribution in [0.25, 0.3) is 0 Å². The highest BCUT2D eigenvalue weighted by Gasteiger charge is 2.23. The van der Waals surface area contributed by atoms with E-state index in [2.05, 4.69) is 11.8 Å². The van der Waals surface area contributed by atoms with Gasteiger partial charge < -0.3 is 15.4 Å². The first-order valence-corrected chi connectivity index (χ1v) is 6.54. The maximum Gasteiger partial charge on any atom is 0.130 e. The van der Waals surface area contributed by atoms with Crippen molar-refractivity contribution < 1.29 is 9.13 Å². The summed E-state index contributed by atoms with van der Waals surface area (Å²) in [6.45, 7) is 6.21. The second kappa shape index (κ2) is 5.67. The summed E-state index contributed by atoms with van der Waals surface area (Å²) in [5, 5.41) is 0. The largest absolute Gasteiger partial charge is 0.375 e. The maximum atomic E-state index is 13.9. The minimum absolute atomic E-state index is 0.220. The highest BCUT2D eigenvalue weighted by Crippen LogP contribution is 2.29. The summed E-state index contributed by atoms with van der Waals surface area (Å²) in [4.78, 5) is 2.18. The zero-order valence-electron chi connectivity index (χ0n) is 11.0. The Morgan fingerprint density at radius 2 is 2.33 bits per heavy atom. The topological polar surface area (TPSA) is 38.5 Å². The normalized spacial score (nSPS) is 22.0. The molecule has 0 aliphatic carbocycles. The summed E-state index contributed by atoms with van der Waals surface area (Å²) in [7, 11) is 0. The number of benzene rings is 1. The van der Waals surface area contributed by atoms with Crippen LogP contribution < -0.4 is 10.6 Å². The highest BCUT2D eigenvalue weighted by atomic mass is 19.1. The van der Waals surface area contributed by atoms with E-state index in [0.29, 0.717) is 12.2 Å². The molecule has 2 atom stereocenters. The van der Waals surface area contributed by atoms with E-state index in [1.165, 1.54) is 6.07 Å². The van der Waals surface area contributed by atoms with Crippen LogP contribution in [0.5, 0.6) is 0 Å². The lowest BCUT2D eigenvalue weighted by Gasteiger charge is -2.35. The molecule has 1 aliphatic rings. The van der Waals surface area contributed by atoms with Crippen molar-refractivity contribution in [3.05, 3.63) is 29.6 Å². The molecule has 1 aromatic carbocycles. The lowest BCUT2D eigenvalue weighted by Crippen LogP contribution is -2.43. The predicted octanol–water partition coefficient (Wildman–Crippen LogP) is 2.46. The molecule has 1 fully saturated rings. The van der Waals surface area contributed by atoms with E-state index in [1.807, 2.05) is 13.0 Å². The Kier molecular flexibility index (Phi) is 4.19. The summed E-state index contributed by atoms with van der Waals surface area (Å²) in [5.74, 6) is -0.220. The molecule has 18 heavy (non-hydrogen) atoms. The molecule has 1 aromatic rings. The molecule has 0 saturated carbocycles. The van der Waals surface area contributed by atoms with Crippen LogP contribution in [0.15, 0.2) is 18.2 Å². The van der Waals surface area contributed by atoms with Crippen molar-refractivity contribution in [2.24, 2.45) is 5.73 Å². The molecular weight excluding hydrogens is 231 g/mol. The molecule has 0 aromatic heterocycles. The minimum atomic E-state index is -0.302. The van der Waals surface area contributed by atoms with Crippen LogP contribution in [0.3, 0.4) is 0 Å². The van der Waals surface area contributed by atoms with E-state index >= 15 is 0 Å². The van der Waals surface area contributed by atoms with E-state index in [1.54, 1.807) is 6.07 Å². The Morgan fingerprint density at radius 3 is 3.00 bits per heavy atom. The highest BCUT2D eigenvalue weighted by molar-refractivity contribution is 5.55. The molecular formula is C14H21FN2O. The average Bonchev–Trinajstić information content (AvgIpc) is 2.38. The lowest BCUT2D eigenvalue weighted by atomic mass is 10.0. The van der Waals surface area contributed by atoms with Gasteiger partial charge in [0, 0.05) is 30.4 Å². The number of morpholine rings is 1. The van der Waals surface area contributed by atoms with Crippen LogP contribution in [0.1, 0.15) is 31.9 Å². The fourth-order valence-electron chi connectivity index (χ4n) is 2.44. The fourth-order valence-corrected chi connectivity index (χ4v) is 2.44. The van der Waals surface area contributed by atoms with Crippen molar-refractivity contribution in [3.8, 4) is 0 Å². The number of nitrogens with two attached hydrogens (primary N) is 1. The number of ether oxygens (including phenoxy) is 1. The van der Waals surface area contributed by atoms with E-state index in [0.717, 1.165) is 25.2 Å². The molecule has 0 radical (unpaired) electrons. The van der Waals surface area contributed by atoms with Crippen molar-refractivity contribution in [3.63, 3.8) is 0 Å². The predicted molar refractivity (Wildman–Crippen MR) is 71.2 cm³/mol. The molecule has 2 N–H and O–H groups in total. The summed E-state index contributed by atoms with van der Waals surface area (Å²) in [6.07, 6.45) is 1.20. The van der Waals surface area contributed by atoms with Crippen molar-refractivity contribution in [1.82, 2.24) is 0 Å². The maximum absolute atomic E-state index is 13.9. The number of hydrogen-bond acceptors (Lipinski definition) is 3. The van der Waals surface area contributed by atoms with Crippen LogP contribution in [0.2, 0.25) is 0 Å². The van der Waals surface area contributed by atoms with Gasteiger partial charge in [0.25, 0.3) is 0 Å². The van der Waals surface area contributed by atoms with Crippen molar-refractivity contribution in [2.45, 2.75) is 32.4 Å². The Morgan fingerprint density at radius 1 is 1.56 bits per heavy atom. The Hall–Kier alpha value is -1.13. The van der Waals surface area contributed by atoms with Crippen molar-refractivity contribution >= 4 is 5.69 Å². The molecule has 4 heteroatoms. The smallest absolute Gasteiger partial charge is 0.130 e. The Labute approximate surface area is 108 Å². The van der Waals surface area contributed by atoms with Gasteiger partial charge >= 0.3 is 0 Å². The Balaban J connectivity index is 2.29. The van der Waals surface area contributed by atoms with Gasteiger partial charge in [-0.3, -0.25) is 0 Å². The van der Waals surface area contributed by atoms with Crippen LogP contribution in [0, 0.1) is 5.82 Å². The van der Waals surface area contributed by atoms with Crippen molar-refractivity contribution in [1.29, 1.82) is 0 Å². The third kappa shape index (κ3) is 2.65. The molecule has 1 aliphatic heterocycles. The molecule has 0 bridgehead atoms. The molecule has 100 valence electrons. The standard InChI is InChI=1S/C14H21FN2O/c1-3-11-9-17(7-8-18-11)13-6-4-5-12(15)14(13)10(2)16/h4-6,10-11H,3,7-9,16H2,1-2H3. The second-order valence-electron chi connectivity index (χ2n) is 4.81. The van der Waals surface area contributed by atoms with Gasteiger partial charge in [-0.2, -0.15) is 0 Å². The van der Waals surface area contributed by atoms with Gasteiger partial charge in [0.15, 0.2) is 0 Å². The lowest BCUT2D eigenvalue weighted by molar-refractivity contribution is 0.0383. The summed E-state index contributed by atoms with van der Waals surface area (Å²) >= 11 is 0. The first-order chi connectivity index (χ1) is 8.63. The van der Waals surface area contributed by atoms with E-state index in [4.69, 9.17) is 10.5 Å². The summed E-state index contributed by atoms with van der Waals surface area (Å²) in [5.41, 5.74) is 7.41. The van der Waals surface area contributed by atoms with E-state index < -0.39 is 0 Å². The van der Waals surface area contributed by atoms with Gasteiger partial charge in [0.05, 0.1) is 12.7 Å². The minimum Gasteiger partial charge on any atom is -0.375 e. The number of hydrogen-bond donors (Lipinski definition) is 1. The fraction of sp³-hybridized carbons (Fsp3) is 0.571. The SMILES string of the molecule is CCC1CN(c2cccc(F)c2C(C)N)CCO1. The molecule has 1 heterocycles. The first kappa shape index (κ1) is 13.3. The molecule has 2 rings (SSSR count). The van der Waals surface area contributed by atoms with Crippen LogP contribution in [0.4, 0.5) is 10.1 Å². The summed E-state index contributed by atoms with van der Waals surface area (Å²) < 4.78 is 19.5. The Bertz CT molecular complexity index is 409. The monoisotopic (exact) mass is 252 g/mol. The zero-order chi connectivity index (χ0) is 13.1. The van der Waals surface area contributed by atoms with Gasteiger partial charge in [-0.05, 0) is 25.5 Å². The van der Waals surface area contributed by atoms with Gasteiger partial charge in [0.2, 0.25) is 0 Å². The quantitative estimate of drug-likeness (QED) is 0.898. The molecule has 0 spiro atoms. The third-order valence-corrected chi connectivity index (χ3v) is 3.42. The van der Waals surface area contributed by atoms with E-state index in [9.17, 15) is 4.39 Å². The van der Waals surface area contributed by atoms with Gasteiger partial charge in [-0.1, -0.05) is 13.0 Å². The number of rotatable bonds is 3. The van der Waals surface area contributed by atoms with E-state index in [-0.39, 0.29) is 18.0 Å². The third-order valence-electron chi connectivity index (χ3n) is 3.42. The number of anilines is 1. The number of nitrogens with zero attached hydrogens (tertiary/aromatic N) is 1. The molecule has 3 nitrogen and oxygen atoms in total. The molecule has 1 saturated heterocycles. The average molecular weight is 252 g/mol. The van der Waals surface area contributed by atoms with Crippen LogP contribution >= 0.6 is 0 Å². The number of halogens is 1. The first-order valence-electron chi connectivity index (χ1n) is 6.54. The van der Waals surface area contributed by atoms with Gasteiger partial charge in [-0.15, -0.1) is 0 Å². The second-order valence-corrected chi connectivity index (χ2v) is 4.81. The summed E-state index contributed by atoms with van der Waals surface area (Å²) in [6, 6.07) is 4.86. The molecule has 2 unspecified atom stereocenters. The van der Waals surface area contributed by atoms with Crippen LogP contribution in [-0.4, -0.2) is 25.8 Å². The van der Waals surface area contributed by atoms with Crippen LogP contribution in [-0.2, 0) is 4.74 Å².